The highest BCUT2D eigenvalue weighted by atomic mass is 16.5. The van der Waals surface area contributed by atoms with Crippen LogP contribution in [-0.4, -0.2) is 44.3 Å². The monoisotopic (exact) mass is 350 g/mol. The number of pyridine rings is 2. The van der Waals surface area contributed by atoms with E-state index in [-0.39, 0.29) is 6.10 Å². The van der Waals surface area contributed by atoms with E-state index in [0.717, 1.165) is 36.8 Å². The van der Waals surface area contributed by atoms with E-state index in [4.69, 9.17) is 4.74 Å². The van der Waals surface area contributed by atoms with Crippen molar-refractivity contribution in [3.63, 3.8) is 0 Å². The molecule has 0 aromatic carbocycles. The molecule has 3 aromatic heterocycles. The van der Waals surface area contributed by atoms with Gasteiger partial charge in [0, 0.05) is 39.1 Å². The van der Waals surface area contributed by atoms with Gasteiger partial charge in [0.1, 0.15) is 11.9 Å². The zero-order valence-corrected chi connectivity index (χ0v) is 14.7. The Bertz CT molecular complexity index is 833. The van der Waals surface area contributed by atoms with Gasteiger partial charge in [-0.15, -0.1) is 0 Å². The van der Waals surface area contributed by atoms with Crippen molar-refractivity contribution in [3.05, 3.63) is 66.4 Å². The Labute approximate surface area is 152 Å². The maximum Gasteiger partial charge on any atom is 0.130 e. The van der Waals surface area contributed by atoms with E-state index in [1.54, 1.807) is 6.20 Å². The molecular formula is C19H22N6O. The van der Waals surface area contributed by atoms with Gasteiger partial charge in [-0.2, -0.15) is 5.10 Å². The number of aromatic nitrogens is 4. The minimum absolute atomic E-state index is 0.0131. The van der Waals surface area contributed by atoms with Gasteiger partial charge in [0.2, 0.25) is 0 Å². The fourth-order valence-electron chi connectivity index (χ4n) is 3.06. The second-order valence-electron chi connectivity index (χ2n) is 6.35. The normalized spacial score (nSPS) is 18.0. The zero-order valence-electron chi connectivity index (χ0n) is 14.7. The summed E-state index contributed by atoms with van der Waals surface area (Å²) in [6, 6.07) is 11.9. The van der Waals surface area contributed by atoms with Crippen LogP contribution < -0.4 is 5.32 Å². The summed E-state index contributed by atoms with van der Waals surface area (Å²) in [7, 11) is 1.97. The molecule has 7 nitrogen and oxygen atoms in total. The molecule has 1 atom stereocenters. The first-order valence-electron chi connectivity index (χ1n) is 8.73. The first-order chi connectivity index (χ1) is 12.8. The van der Waals surface area contributed by atoms with Crippen LogP contribution in [0.25, 0.3) is 0 Å². The Kier molecular flexibility index (Phi) is 4.90. The summed E-state index contributed by atoms with van der Waals surface area (Å²) in [6.07, 6.45) is 5.41. The van der Waals surface area contributed by atoms with Gasteiger partial charge in [-0.25, -0.2) is 4.98 Å². The average molecular weight is 350 g/mol. The third-order valence-corrected chi connectivity index (χ3v) is 4.51. The summed E-state index contributed by atoms with van der Waals surface area (Å²) >= 11 is 0. The van der Waals surface area contributed by atoms with Gasteiger partial charge in [-0.3, -0.25) is 14.6 Å². The van der Waals surface area contributed by atoms with E-state index in [1.165, 1.54) is 5.69 Å². The van der Waals surface area contributed by atoms with Crippen LogP contribution in [0.1, 0.15) is 17.5 Å². The van der Waals surface area contributed by atoms with Gasteiger partial charge in [-0.05, 0) is 30.3 Å². The molecule has 4 heterocycles. The molecule has 7 heteroatoms. The topological polar surface area (TPSA) is 68.1 Å². The lowest BCUT2D eigenvalue weighted by Crippen LogP contribution is -2.38. The number of anilines is 2. The molecular weight excluding hydrogens is 328 g/mol. The van der Waals surface area contributed by atoms with Gasteiger partial charge in [-0.1, -0.05) is 6.07 Å². The highest BCUT2D eigenvalue weighted by Crippen LogP contribution is 2.23. The van der Waals surface area contributed by atoms with E-state index >= 15 is 0 Å². The second-order valence-corrected chi connectivity index (χ2v) is 6.35. The van der Waals surface area contributed by atoms with E-state index in [9.17, 15) is 0 Å². The number of nitrogens with one attached hydrogen (secondary N) is 1. The number of nitrogens with zero attached hydrogens (tertiary/aromatic N) is 5. The summed E-state index contributed by atoms with van der Waals surface area (Å²) in [6.45, 7) is 3.32. The van der Waals surface area contributed by atoms with Crippen molar-refractivity contribution >= 4 is 11.5 Å². The first kappa shape index (κ1) is 16.7. The molecule has 0 bridgehead atoms. The molecule has 3 aromatic rings. The number of ether oxygens (including phenoxy) is 1. The fourth-order valence-corrected chi connectivity index (χ4v) is 3.06. The van der Waals surface area contributed by atoms with E-state index in [0.29, 0.717) is 6.61 Å². The summed E-state index contributed by atoms with van der Waals surface area (Å²) in [5.74, 6) is 0.804. The van der Waals surface area contributed by atoms with E-state index < -0.39 is 0 Å². The quantitative estimate of drug-likeness (QED) is 0.763. The fraction of sp³-hybridized carbons (Fsp3) is 0.316. The number of aryl methyl sites for hydroxylation is 1. The molecule has 0 saturated carbocycles. The number of hydrogen-bond acceptors (Lipinski definition) is 6. The van der Waals surface area contributed by atoms with Crippen LogP contribution in [-0.2, 0) is 18.3 Å². The molecule has 0 aliphatic carbocycles. The minimum Gasteiger partial charge on any atom is -0.369 e. The van der Waals surface area contributed by atoms with Crippen LogP contribution in [0, 0.1) is 0 Å². The highest BCUT2D eigenvalue weighted by molar-refractivity contribution is 5.54. The Morgan fingerprint density at radius 3 is 2.85 bits per heavy atom. The van der Waals surface area contributed by atoms with Crippen molar-refractivity contribution in [3.8, 4) is 0 Å². The lowest BCUT2D eigenvalue weighted by molar-refractivity contribution is -0.0356. The molecule has 1 aliphatic rings. The maximum absolute atomic E-state index is 5.94. The van der Waals surface area contributed by atoms with E-state index in [1.807, 2.05) is 54.5 Å². The van der Waals surface area contributed by atoms with Gasteiger partial charge in [0.25, 0.3) is 0 Å². The van der Waals surface area contributed by atoms with Crippen molar-refractivity contribution in [2.75, 3.05) is 25.0 Å². The third kappa shape index (κ3) is 3.89. The molecule has 26 heavy (non-hydrogen) atoms. The van der Waals surface area contributed by atoms with Crippen LogP contribution in [0.4, 0.5) is 11.5 Å². The SMILES string of the molecule is Cn1nccc1CN1CCO[C@H](c2ccc(Nc3ccccn3)cn2)C1. The van der Waals surface area contributed by atoms with Crippen LogP contribution in [0.15, 0.2) is 55.0 Å². The molecule has 1 saturated heterocycles. The first-order valence-corrected chi connectivity index (χ1v) is 8.73. The second kappa shape index (κ2) is 7.63. The van der Waals surface area contributed by atoms with E-state index in [2.05, 4.69) is 31.3 Å². The highest BCUT2D eigenvalue weighted by Gasteiger charge is 2.23. The van der Waals surface area contributed by atoms with Crippen molar-refractivity contribution < 1.29 is 4.74 Å². The predicted molar refractivity (Wildman–Crippen MR) is 98.9 cm³/mol. The van der Waals surface area contributed by atoms with Crippen LogP contribution in [0.5, 0.6) is 0 Å². The lowest BCUT2D eigenvalue weighted by Gasteiger charge is -2.32. The Balaban J connectivity index is 1.39. The van der Waals surface area contributed by atoms with Gasteiger partial charge in [0.15, 0.2) is 0 Å². The summed E-state index contributed by atoms with van der Waals surface area (Å²) < 4.78 is 7.86. The third-order valence-electron chi connectivity index (χ3n) is 4.51. The Morgan fingerprint density at radius 2 is 2.12 bits per heavy atom. The van der Waals surface area contributed by atoms with Gasteiger partial charge < -0.3 is 10.1 Å². The largest absolute Gasteiger partial charge is 0.369 e. The van der Waals surface area contributed by atoms with Crippen LogP contribution >= 0.6 is 0 Å². The molecule has 1 fully saturated rings. The van der Waals surface area contributed by atoms with Crippen LogP contribution in [0.2, 0.25) is 0 Å². The standard InChI is InChI=1S/C19H22N6O/c1-24-16(7-9-22-24)13-25-10-11-26-18(14-25)17-6-5-15(12-21-17)23-19-4-2-3-8-20-19/h2-9,12,18H,10-11,13-14H2,1H3,(H,20,23)/t18-/m0/s1. The molecule has 134 valence electrons. The van der Waals surface area contributed by atoms with Gasteiger partial charge >= 0.3 is 0 Å². The molecule has 1 N–H and O–H groups in total. The summed E-state index contributed by atoms with van der Waals surface area (Å²) in [4.78, 5) is 11.2. The Hall–Kier alpha value is -2.77. The summed E-state index contributed by atoms with van der Waals surface area (Å²) in [5, 5.41) is 7.48. The minimum atomic E-state index is -0.0131. The molecule has 4 rings (SSSR count). The van der Waals surface area contributed by atoms with Crippen LogP contribution in [0.3, 0.4) is 0 Å². The van der Waals surface area contributed by atoms with Crippen molar-refractivity contribution in [1.82, 2.24) is 24.6 Å². The van der Waals surface area contributed by atoms with Crippen molar-refractivity contribution in [2.24, 2.45) is 7.05 Å². The number of hydrogen-bond donors (Lipinski definition) is 1. The molecule has 0 radical (unpaired) electrons. The predicted octanol–water partition coefficient (Wildman–Crippen LogP) is 2.53. The van der Waals surface area contributed by atoms with Crippen molar-refractivity contribution in [2.45, 2.75) is 12.6 Å². The average Bonchev–Trinajstić information content (AvgIpc) is 3.08. The Morgan fingerprint density at radius 1 is 1.15 bits per heavy atom. The zero-order chi connectivity index (χ0) is 17.8. The molecule has 0 spiro atoms. The number of rotatable bonds is 5. The molecule has 0 unspecified atom stereocenters. The maximum atomic E-state index is 5.94. The molecule has 0 amide bonds. The molecule has 1 aliphatic heterocycles. The number of morpholine rings is 1. The lowest BCUT2D eigenvalue weighted by atomic mass is 10.1. The van der Waals surface area contributed by atoms with Crippen molar-refractivity contribution in [1.29, 1.82) is 0 Å². The van der Waals surface area contributed by atoms with Gasteiger partial charge in [0.05, 0.1) is 29.9 Å². The summed E-state index contributed by atoms with van der Waals surface area (Å²) in [5.41, 5.74) is 3.06. The smallest absolute Gasteiger partial charge is 0.130 e.